The molecule has 2 saturated heterocycles. The van der Waals surface area contributed by atoms with Gasteiger partial charge in [-0.05, 0) is 12.8 Å². The maximum absolute atomic E-state index is 4.54. The van der Waals surface area contributed by atoms with Gasteiger partial charge in [-0.25, -0.2) is 9.97 Å². The van der Waals surface area contributed by atoms with Crippen LogP contribution >= 0.6 is 11.8 Å². The van der Waals surface area contributed by atoms with Crippen LogP contribution in [0.5, 0.6) is 0 Å². The molecule has 2 aromatic rings. The number of aromatic nitrogens is 5. The summed E-state index contributed by atoms with van der Waals surface area (Å²) in [6.07, 6.45) is 5.80. The molecule has 7 nitrogen and oxygen atoms in total. The normalized spacial score (nSPS) is 22.0. The van der Waals surface area contributed by atoms with Crippen molar-refractivity contribution in [2.75, 3.05) is 47.5 Å². The SMILES string of the molecule is Cn1cnnc1[C@H]1CCCN(c2cc(N3CCSCC3)ncn2)C1. The van der Waals surface area contributed by atoms with Gasteiger partial charge in [0.2, 0.25) is 0 Å². The van der Waals surface area contributed by atoms with E-state index in [1.165, 1.54) is 11.5 Å². The molecular formula is C16H23N7S. The van der Waals surface area contributed by atoms with E-state index in [0.29, 0.717) is 5.92 Å². The van der Waals surface area contributed by atoms with E-state index in [0.717, 1.165) is 56.5 Å². The predicted octanol–water partition coefficient (Wildman–Crippen LogP) is 1.54. The van der Waals surface area contributed by atoms with E-state index >= 15 is 0 Å². The molecule has 4 heterocycles. The van der Waals surface area contributed by atoms with Crippen molar-refractivity contribution >= 4 is 23.4 Å². The summed E-state index contributed by atoms with van der Waals surface area (Å²) >= 11 is 2.02. The minimum atomic E-state index is 0.413. The maximum Gasteiger partial charge on any atom is 0.137 e. The summed E-state index contributed by atoms with van der Waals surface area (Å²) in [7, 11) is 2.02. The number of piperidine rings is 1. The largest absolute Gasteiger partial charge is 0.356 e. The third kappa shape index (κ3) is 3.19. The third-order valence-electron chi connectivity index (χ3n) is 4.83. The van der Waals surface area contributed by atoms with Crippen molar-refractivity contribution in [1.29, 1.82) is 0 Å². The predicted molar refractivity (Wildman–Crippen MR) is 96.8 cm³/mol. The fourth-order valence-electron chi connectivity index (χ4n) is 3.53. The van der Waals surface area contributed by atoms with E-state index in [9.17, 15) is 0 Å². The summed E-state index contributed by atoms with van der Waals surface area (Å²) in [4.78, 5) is 13.8. The van der Waals surface area contributed by atoms with Crippen LogP contribution in [0.25, 0.3) is 0 Å². The van der Waals surface area contributed by atoms with Gasteiger partial charge in [-0.15, -0.1) is 10.2 Å². The highest BCUT2D eigenvalue weighted by molar-refractivity contribution is 7.99. The van der Waals surface area contributed by atoms with Crippen LogP contribution < -0.4 is 9.80 Å². The van der Waals surface area contributed by atoms with E-state index in [1.54, 1.807) is 12.7 Å². The summed E-state index contributed by atoms with van der Waals surface area (Å²) in [5.74, 6) is 5.93. The Labute approximate surface area is 146 Å². The summed E-state index contributed by atoms with van der Waals surface area (Å²) in [5.41, 5.74) is 0. The van der Waals surface area contributed by atoms with Crippen molar-refractivity contribution in [2.45, 2.75) is 18.8 Å². The first-order valence-corrected chi connectivity index (χ1v) is 9.70. The molecule has 4 rings (SSSR count). The van der Waals surface area contributed by atoms with E-state index in [4.69, 9.17) is 0 Å². The highest BCUT2D eigenvalue weighted by atomic mass is 32.2. The second kappa shape index (κ2) is 6.96. The number of aryl methyl sites for hydroxylation is 1. The number of hydrogen-bond donors (Lipinski definition) is 0. The van der Waals surface area contributed by atoms with Gasteiger partial charge < -0.3 is 14.4 Å². The second-order valence-electron chi connectivity index (χ2n) is 6.42. The number of anilines is 2. The molecule has 0 amide bonds. The van der Waals surface area contributed by atoms with Crippen molar-refractivity contribution < 1.29 is 0 Å². The minimum Gasteiger partial charge on any atom is -0.356 e. The lowest BCUT2D eigenvalue weighted by atomic mass is 9.97. The molecule has 2 aliphatic rings. The van der Waals surface area contributed by atoms with Crippen LogP contribution in [0.1, 0.15) is 24.6 Å². The van der Waals surface area contributed by atoms with Crippen molar-refractivity contribution in [2.24, 2.45) is 7.05 Å². The standard InChI is InChI=1S/C16H23N7S/c1-21-12-19-20-16(21)13-3-2-4-23(10-13)15-9-14(17-11-18-15)22-5-7-24-8-6-22/h9,11-13H,2-8,10H2,1H3/t13-/m0/s1. The molecule has 24 heavy (non-hydrogen) atoms. The molecule has 0 unspecified atom stereocenters. The van der Waals surface area contributed by atoms with Crippen LogP contribution in [0.15, 0.2) is 18.7 Å². The smallest absolute Gasteiger partial charge is 0.137 e. The molecule has 2 fully saturated rings. The lowest BCUT2D eigenvalue weighted by Gasteiger charge is -2.34. The average Bonchev–Trinajstić information content (AvgIpc) is 3.09. The maximum atomic E-state index is 4.54. The van der Waals surface area contributed by atoms with Gasteiger partial charge >= 0.3 is 0 Å². The van der Waals surface area contributed by atoms with Gasteiger partial charge in [-0.3, -0.25) is 0 Å². The van der Waals surface area contributed by atoms with Crippen LogP contribution in [0.4, 0.5) is 11.6 Å². The Hall–Kier alpha value is -1.83. The van der Waals surface area contributed by atoms with E-state index in [-0.39, 0.29) is 0 Å². The van der Waals surface area contributed by atoms with Crippen LogP contribution in [0.3, 0.4) is 0 Å². The molecular weight excluding hydrogens is 322 g/mol. The zero-order valence-electron chi connectivity index (χ0n) is 14.0. The fraction of sp³-hybridized carbons (Fsp3) is 0.625. The molecule has 8 heteroatoms. The van der Waals surface area contributed by atoms with Crippen LogP contribution in [-0.4, -0.2) is 62.4 Å². The van der Waals surface area contributed by atoms with Crippen molar-refractivity contribution in [3.8, 4) is 0 Å². The Balaban J connectivity index is 1.51. The highest BCUT2D eigenvalue weighted by Gasteiger charge is 2.26. The summed E-state index contributed by atoms with van der Waals surface area (Å²) < 4.78 is 2.03. The van der Waals surface area contributed by atoms with Gasteiger partial charge in [0.25, 0.3) is 0 Å². The van der Waals surface area contributed by atoms with Crippen molar-refractivity contribution in [3.63, 3.8) is 0 Å². The van der Waals surface area contributed by atoms with Gasteiger partial charge in [0.1, 0.15) is 30.1 Å². The first-order chi connectivity index (χ1) is 11.8. The lowest BCUT2D eigenvalue weighted by molar-refractivity contribution is 0.477. The summed E-state index contributed by atoms with van der Waals surface area (Å²) in [6, 6.07) is 2.15. The Bertz CT molecular complexity index is 683. The highest BCUT2D eigenvalue weighted by Crippen LogP contribution is 2.29. The third-order valence-corrected chi connectivity index (χ3v) is 5.77. The van der Waals surface area contributed by atoms with Gasteiger partial charge in [0.15, 0.2) is 0 Å². The molecule has 0 N–H and O–H groups in total. The molecule has 1 atom stereocenters. The zero-order chi connectivity index (χ0) is 16.4. The van der Waals surface area contributed by atoms with Gasteiger partial charge in [0.05, 0.1) is 0 Å². The van der Waals surface area contributed by atoms with Crippen LogP contribution in [0, 0.1) is 0 Å². The summed E-state index contributed by atoms with van der Waals surface area (Å²) in [6.45, 7) is 4.13. The van der Waals surface area contributed by atoms with E-state index in [2.05, 4.69) is 36.0 Å². The molecule has 2 aromatic heterocycles. The minimum absolute atomic E-state index is 0.413. The number of nitrogens with zero attached hydrogens (tertiary/aromatic N) is 7. The monoisotopic (exact) mass is 345 g/mol. The first-order valence-electron chi connectivity index (χ1n) is 8.55. The molecule has 0 spiro atoms. The second-order valence-corrected chi connectivity index (χ2v) is 7.64. The van der Waals surface area contributed by atoms with Gasteiger partial charge in [0, 0.05) is 56.7 Å². The van der Waals surface area contributed by atoms with Crippen LogP contribution in [0.2, 0.25) is 0 Å². The Kier molecular flexibility index (Phi) is 4.55. The lowest BCUT2D eigenvalue weighted by Crippen LogP contribution is -2.37. The van der Waals surface area contributed by atoms with E-state index in [1.807, 2.05) is 23.4 Å². The number of rotatable bonds is 3. The topological polar surface area (TPSA) is 63.0 Å². The average molecular weight is 345 g/mol. The molecule has 0 radical (unpaired) electrons. The van der Waals surface area contributed by atoms with E-state index < -0.39 is 0 Å². The number of hydrogen-bond acceptors (Lipinski definition) is 7. The zero-order valence-corrected chi connectivity index (χ0v) is 14.8. The van der Waals surface area contributed by atoms with Crippen molar-refractivity contribution in [3.05, 3.63) is 24.5 Å². The Morgan fingerprint density at radius 3 is 2.62 bits per heavy atom. The first kappa shape index (κ1) is 15.7. The molecule has 2 aliphatic heterocycles. The van der Waals surface area contributed by atoms with Gasteiger partial charge in [-0.1, -0.05) is 0 Å². The van der Waals surface area contributed by atoms with Crippen molar-refractivity contribution in [1.82, 2.24) is 24.7 Å². The fourth-order valence-corrected chi connectivity index (χ4v) is 4.44. The Morgan fingerprint density at radius 2 is 1.88 bits per heavy atom. The molecule has 0 saturated carbocycles. The quantitative estimate of drug-likeness (QED) is 0.836. The van der Waals surface area contributed by atoms with Crippen LogP contribution in [-0.2, 0) is 7.05 Å². The van der Waals surface area contributed by atoms with Gasteiger partial charge in [-0.2, -0.15) is 11.8 Å². The molecule has 0 aliphatic carbocycles. The number of thioether (sulfide) groups is 1. The molecule has 0 bridgehead atoms. The Morgan fingerprint density at radius 1 is 1.08 bits per heavy atom. The molecule has 128 valence electrons. The summed E-state index contributed by atoms with van der Waals surface area (Å²) in [5, 5.41) is 8.33. The molecule has 0 aromatic carbocycles.